The lowest BCUT2D eigenvalue weighted by Gasteiger charge is -2.34. The van der Waals surface area contributed by atoms with Gasteiger partial charge in [-0.2, -0.15) is 0 Å². The minimum atomic E-state index is -0.688. The molecule has 0 unspecified atom stereocenters. The third kappa shape index (κ3) is 5.15. The summed E-state index contributed by atoms with van der Waals surface area (Å²) in [6.45, 7) is 3.04. The summed E-state index contributed by atoms with van der Waals surface area (Å²) >= 11 is 0. The van der Waals surface area contributed by atoms with Crippen LogP contribution in [0.2, 0.25) is 0 Å². The second-order valence-corrected chi connectivity index (χ2v) is 8.02. The Labute approximate surface area is 196 Å². The number of fused-ring (bicyclic) bond motifs is 1. The lowest BCUT2D eigenvalue weighted by atomic mass is 10.0. The van der Waals surface area contributed by atoms with E-state index in [1.54, 1.807) is 4.90 Å². The average molecular weight is 463 g/mol. The molecule has 3 aromatic carbocycles. The third-order valence-corrected chi connectivity index (χ3v) is 5.93. The molecular weight excluding hydrogens is 438 g/mol. The van der Waals surface area contributed by atoms with E-state index in [0.29, 0.717) is 13.1 Å². The van der Waals surface area contributed by atoms with Crippen molar-refractivity contribution in [1.82, 2.24) is 9.80 Å². The van der Waals surface area contributed by atoms with E-state index in [1.165, 1.54) is 35.6 Å². The predicted octanol–water partition coefficient (Wildman–Crippen LogP) is 3.26. The molecule has 0 atom stereocenters. The number of ether oxygens (including phenoxy) is 2. The number of amides is 1. The third-order valence-electron chi connectivity index (χ3n) is 5.93. The topological polar surface area (TPSA) is 102 Å². The van der Waals surface area contributed by atoms with Crippen molar-refractivity contribution < 1.29 is 24.0 Å². The smallest absolute Gasteiger partial charge is 0.338 e. The number of carbonyl (C=O) groups excluding carboxylic acids is 2. The number of esters is 1. The maximum atomic E-state index is 12.7. The lowest BCUT2D eigenvalue weighted by Crippen LogP contribution is -2.49. The van der Waals surface area contributed by atoms with Crippen LogP contribution in [0.4, 0.5) is 5.69 Å². The molecule has 34 heavy (non-hydrogen) atoms. The van der Waals surface area contributed by atoms with E-state index >= 15 is 0 Å². The summed E-state index contributed by atoms with van der Waals surface area (Å²) in [5.74, 6) is -0.996. The zero-order valence-electron chi connectivity index (χ0n) is 18.8. The van der Waals surface area contributed by atoms with Crippen molar-refractivity contribution in [2.24, 2.45) is 0 Å². The number of methoxy groups -OCH3 is 1. The lowest BCUT2D eigenvalue weighted by molar-refractivity contribution is -0.385. The first kappa shape index (κ1) is 23.2. The molecule has 176 valence electrons. The van der Waals surface area contributed by atoms with Crippen LogP contribution in [0.5, 0.6) is 5.75 Å². The summed E-state index contributed by atoms with van der Waals surface area (Å²) in [6, 6.07) is 18.3. The first-order chi connectivity index (χ1) is 16.5. The molecule has 1 amide bonds. The van der Waals surface area contributed by atoms with Crippen LogP contribution in [-0.4, -0.2) is 66.5 Å². The van der Waals surface area contributed by atoms with Crippen molar-refractivity contribution in [2.75, 3.05) is 39.9 Å². The fourth-order valence-electron chi connectivity index (χ4n) is 4.08. The predicted molar refractivity (Wildman–Crippen MR) is 126 cm³/mol. The Kier molecular flexibility index (Phi) is 7.03. The largest absolute Gasteiger partial charge is 0.477 e. The van der Waals surface area contributed by atoms with E-state index in [1.807, 2.05) is 12.1 Å². The summed E-state index contributed by atoms with van der Waals surface area (Å²) in [7, 11) is 1.19. The molecule has 1 saturated heterocycles. The Morgan fingerprint density at radius 3 is 2.47 bits per heavy atom. The minimum Gasteiger partial charge on any atom is -0.477 e. The Bertz CT molecular complexity index is 1220. The fraction of sp³-hybridized carbons (Fsp3) is 0.280. The van der Waals surface area contributed by atoms with Gasteiger partial charge in [-0.1, -0.05) is 42.5 Å². The molecule has 0 spiro atoms. The van der Waals surface area contributed by atoms with Crippen molar-refractivity contribution in [3.05, 3.63) is 81.9 Å². The molecule has 0 N–H and O–H groups in total. The normalized spacial score (nSPS) is 14.1. The maximum Gasteiger partial charge on any atom is 0.338 e. The first-order valence-electron chi connectivity index (χ1n) is 10.9. The van der Waals surface area contributed by atoms with E-state index in [2.05, 4.69) is 40.0 Å². The van der Waals surface area contributed by atoms with Gasteiger partial charge in [-0.15, -0.1) is 0 Å². The molecular formula is C25H25N3O6. The first-order valence-corrected chi connectivity index (χ1v) is 10.9. The van der Waals surface area contributed by atoms with Crippen molar-refractivity contribution in [3.8, 4) is 5.75 Å². The highest BCUT2D eigenvalue weighted by atomic mass is 16.6. The molecule has 0 radical (unpaired) electrons. The van der Waals surface area contributed by atoms with Gasteiger partial charge in [0.05, 0.1) is 17.6 Å². The number of carbonyl (C=O) groups is 2. The Hall–Kier alpha value is -3.98. The molecule has 9 heteroatoms. The van der Waals surface area contributed by atoms with Gasteiger partial charge in [0.25, 0.3) is 5.91 Å². The van der Waals surface area contributed by atoms with E-state index in [9.17, 15) is 19.7 Å². The van der Waals surface area contributed by atoms with Gasteiger partial charge < -0.3 is 14.4 Å². The van der Waals surface area contributed by atoms with Crippen LogP contribution in [-0.2, 0) is 16.1 Å². The zero-order chi connectivity index (χ0) is 24.1. The molecule has 1 aliphatic heterocycles. The second-order valence-electron chi connectivity index (χ2n) is 8.02. The number of piperazine rings is 1. The molecule has 9 nitrogen and oxygen atoms in total. The summed E-state index contributed by atoms with van der Waals surface area (Å²) < 4.78 is 10.0. The van der Waals surface area contributed by atoms with Crippen molar-refractivity contribution in [3.63, 3.8) is 0 Å². The molecule has 4 rings (SSSR count). The number of hydrogen-bond donors (Lipinski definition) is 0. The van der Waals surface area contributed by atoms with Gasteiger partial charge in [0.2, 0.25) is 0 Å². The fourth-order valence-corrected chi connectivity index (χ4v) is 4.08. The van der Waals surface area contributed by atoms with Crippen molar-refractivity contribution in [1.29, 1.82) is 0 Å². The van der Waals surface area contributed by atoms with E-state index < -0.39 is 16.6 Å². The minimum absolute atomic E-state index is 0.0372. The molecule has 3 aromatic rings. The van der Waals surface area contributed by atoms with Gasteiger partial charge >= 0.3 is 11.7 Å². The molecule has 1 aliphatic rings. The number of hydrogen-bond acceptors (Lipinski definition) is 7. The molecule has 0 bridgehead atoms. The van der Waals surface area contributed by atoms with Gasteiger partial charge in [-0.3, -0.25) is 19.8 Å². The summed E-state index contributed by atoms with van der Waals surface area (Å²) in [4.78, 5) is 39.0. The second kappa shape index (κ2) is 10.3. The van der Waals surface area contributed by atoms with Crippen LogP contribution in [0.25, 0.3) is 10.8 Å². The van der Waals surface area contributed by atoms with Crippen LogP contribution < -0.4 is 4.74 Å². The van der Waals surface area contributed by atoms with E-state index in [4.69, 9.17) is 4.74 Å². The van der Waals surface area contributed by atoms with Crippen LogP contribution in [0.15, 0.2) is 60.7 Å². The number of nitro benzene ring substituents is 1. The Morgan fingerprint density at radius 2 is 1.74 bits per heavy atom. The van der Waals surface area contributed by atoms with Crippen molar-refractivity contribution >= 4 is 28.3 Å². The number of nitrogens with zero attached hydrogens (tertiary/aromatic N) is 3. The van der Waals surface area contributed by atoms with E-state index in [0.717, 1.165) is 25.7 Å². The molecule has 1 heterocycles. The molecule has 0 aromatic heterocycles. The maximum absolute atomic E-state index is 12.7. The highest BCUT2D eigenvalue weighted by molar-refractivity contribution is 5.90. The number of benzene rings is 3. The Balaban J connectivity index is 1.33. The highest BCUT2D eigenvalue weighted by Gasteiger charge is 2.24. The quantitative estimate of drug-likeness (QED) is 0.301. The van der Waals surface area contributed by atoms with Crippen LogP contribution in [0.1, 0.15) is 15.9 Å². The van der Waals surface area contributed by atoms with Gasteiger partial charge in [0.15, 0.2) is 12.4 Å². The van der Waals surface area contributed by atoms with E-state index in [-0.39, 0.29) is 23.8 Å². The number of nitro groups is 1. The highest BCUT2D eigenvalue weighted by Crippen LogP contribution is 2.28. The molecule has 0 aliphatic carbocycles. The zero-order valence-corrected chi connectivity index (χ0v) is 18.8. The van der Waals surface area contributed by atoms with Gasteiger partial charge in [0, 0.05) is 38.8 Å². The SMILES string of the molecule is COC(=O)c1ccc(OCC(=O)N2CCN(Cc3cccc4ccccc34)CC2)c([N+](=O)[O-])c1. The van der Waals surface area contributed by atoms with Crippen LogP contribution in [0, 0.1) is 10.1 Å². The van der Waals surface area contributed by atoms with Crippen LogP contribution in [0.3, 0.4) is 0 Å². The van der Waals surface area contributed by atoms with Gasteiger partial charge in [-0.25, -0.2) is 4.79 Å². The van der Waals surface area contributed by atoms with Crippen molar-refractivity contribution in [2.45, 2.75) is 6.54 Å². The monoisotopic (exact) mass is 463 g/mol. The summed E-state index contributed by atoms with van der Waals surface area (Å²) in [5, 5.41) is 13.8. The van der Waals surface area contributed by atoms with Gasteiger partial charge in [-0.05, 0) is 28.5 Å². The standard InChI is InChI=1S/C25H25N3O6/c1-33-25(30)19-9-10-23(22(15-19)28(31)32)34-17-24(29)27-13-11-26(12-14-27)16-20-7-4-6-18-5-2-3-8-21(18)20/h2-10,15H,11-14,16-17H2,1H3. The molecule has 1 fully saturated rings. The Morgan fingerprint density at radius 1 is 1.00 bits per heavy atom. The number of rotatable bonds is 7. The molecule has 0 saturated carbocycles. The summed E-state index contributed by atoms with van der Waals surface area (Å²) in [6.07, 6.45) is 0. The average Bonchev–Trinajstić information content (AvgIpc) is 2.87. The van der Waals surface area contributed by atoms with Crippen LogP contribution >= 0.6 is 0 Å². The summed E-state index contributed by atoms with van der Waals surface area (Å²) in [5.41, 5.74) is 0.898. The van der Waals surface area contributed by atoms with Gasteiger partial charge in [0.1, 0.15) is 0 Å².